The summed E-state index contributed by atoms with van der Waals surface area (Å²) < 4.78 is 12.7. The highest BCUT2D eigenvalue weighted by atomic mass is 32.2. The van der Waals surface area contributed by atoms with Crippen LogP contribution in [0.5, 0.6) is 5.75 Å². The van der Waals surface area contributed by atoms with Gasteiger partial charge in [0.15, 0.2) is 0 Å². The van der Waals surface area contributed by atoms with Gasteiger partial charge < -0.3 is 18.6 Å². The van der Waals surface area contributed by atoms with Crippen molar-refractivity contribution in [1.82, 2.24) is 9.47 Å². The number of carbonyl (C=O) groups is 1. The Morgan fingerprint density at radius 3 is 3.00 bits per heavy atom. The van der Waals surface area contributed by atoms with E-state index in [9.17, 15) is 4.79 Å². The van der Waals surface area contributed by atoms with Crippen LogP contribution in [0.25, 0.3) is 5.69 Å². The van der Waals surface area contributed by atoms with Crippen LogP contribution >= 0.6 is 11.8 Å². The Hall–Kier alpha value is -2.60. The minimum absolute atomic E-state index is 0.00413. The highest BCUT2D eigenvalue weighted by molar-refractivity contribution is 8.00. The summed E-state index contributed by atoms with van der Waals surface area (Å²) in [5.41, 5.74) is 2.13. The molecule has 1 aliphatic heterocycles. The fraction of sp³-hybridized carbons (Fsp3) is 0.211. The molecule has 1 atom stereocenters. The number of amides is 1. The van der Waals surface area contributed by atoms with Gasteiger partial charge in [-0.1, -0.05) is 6.07 Å². The first-order chi connectivity index (χ1) is 12.2. The number of rotatable bonds is 5. The molecular formula is C19H18N2O3S. The smallest absolute Gasteiger partial charge is 0.234 e. The molecule has 0 saturated carbocycles. The molecule has 1 aliphatic rings. The van der Waals surface area contributed by atoms with Gasteiger partial charge in [0.1, 0.15) is 16.9 Å². The summed E-state index contributed by atoms with van der Waals surface area (Å²) in [5.74, 6) is 2.25. The highest BCUT2D eigenvalue weighted by Crippen LogP contribution is 2.40. The van der Waals surface area contributed by atoms with E-state index in [0.29, 0.717) is 12.3 Å². The molecule has 128 valence electrons. The van der Waals surface area contributed by atoms with Crippen LogP contribution in [0.1, 0.15) is 16.7 Å². The van der Waals surface area contributed by atoms with Gasteiger partial charge in [-0.3, -0.25) is 4.79 Å². The maximum atomic E-state index is 12.3. The number of methoxy groups -OCH3 is 1. The number of carbonyl (C=O) groups excluding carboxylic acids is 1. The predicted molar refractivity (Wildman–Crippen MR) is 96.8 cm³/mol. The predicted octanol–water partition coefficient (Wildman–Crippen LogP) is 3.85. The molecule has 1 aromatic carbocycles. The van der Waals surface area contributed by atoms with Crippen molar-refractivity contribution >= 4 is 17.7 Å². The number of nitrogens with zero attached hydrogens (tertiary/aromatic N) is 2. The van der Waals surface area contributed by atoms with E-state index in [1.807, 2.05) is 52.1 Å². The van der Waals surface area contributed by atoms with Crippen molar-refractivity contribution in [2.45, 2.75) is 11.9 Å². The fourth-order valence-corrected chi connectivity index (χ4v) is 4.13. The third-order valence-electron chi connectivity index (χ3n) is 4.23. The first kappa shape index (κ1) is 15.9. The average Bonchev–Trinajstić information content (AvgIpc) is 3.38. The second-order valence-electron chi connectivity index (χ2n) is 5.82. The number of thioether (sulfide) groups is 1. The zero-order chi connectivity index (χ0) is 17.2. The van der Waals surface area contributed by atoms with Gasteiger partial charge in [-0.25, -0.2) is 0 Å². The van der Waals surface area contributed by atoms with E-state index in [1.165, 1.54) is 0 Å². The first-order valence-electron chi connectivity index (χ1n) is 8.00. The quantitative estimate of drug-likeness (QED) is 0.698. The van der Waals surface area contributed by atoms with Crippen LogP contribution in [0.3, 0.4) is 0 Å². The molecule has 0 bridgehead atoms. The first-order valence-corrected chi connectivity index (χ1v) is 9.05. The fourth-order valence-electron chi connectivity index (χ4n) is 2.96. The lowest BCUT2D eigenvalue weighted by atomic mass is 10.3. The average molecular weight is 354 g/mol. The van der Waals surface area contributed by atoms with Crippen molar-refractivity contribution in [2.24, 2.45) is 0 Å². The van der Waals surface area contributed by atoms with Gasteiger partial charge in [0.2, 0.25) is 5.91 Å². The zero-order valence-corrected chi connectivity index (χ0v) is 14.6. The Balaban J connectivity index is 1.59. The van der Waals surface area contributed by atoms with E-state index in [-0.39, 0.29) is 11.3 Å². The Kier molecular flexibility index (Phi) is 4.28. The zero-order valence-electron chi connectivity index (χ0n) is 13.8. The Bertz CT molecular complexity index is 872. The molecule has 4 rings (SSSR count). The van der Waals surface area contributed by atoms with Crippen molar-refractivity contribution < 1.29 is 13.9 Å². The molecule has 6 heteroatoms. The molecule has 1 saturated heterocycles. The van der Waals surface area contributed by atoms with E-state index >= 15 is 0 Å². The number of aromatic nitrogens is 1. The molecule has 0 N–H and O–H groups in total. The van der Waals surface area contributed by atoms with Gasteiger partial charge in [-0.15, -0.1) is 11.8 Å². The molecule has 0 spiro atoms. The molecule has 5 nitrogen and oxygen atoms in total. The van der Waals surface area contributed by atoms with Crippen LogP contribution in [-0.4, -0.2) is 28.2 Å². The number of benzene rings is 1. The van der Waals surface area contributed by atoms with Crippen molar-refractivity contribution in [3.05, 3.63) is 72.4 Å². The second kappa shape index (κ2) is 6.72. The van der Waals surface area contributed by atoms with Gasteiger partial charge in [0, 0.05) is 29.7 Å². The lowest BCUT2D eigenvalue weighted by molar-refractivity contribution is -0.128. The van der Waals surface area contributed by atoms with Crippen LogP contribution in [0.4, 0.5) is 0 Å². The molecule has 2 aromatic heterocycles. The van der Waals surface area contributed by atoms with Crippen LogP contribution in [0.2, 0.25) is 0 Å². The molecule has 25 heavy (non-hydrogen) atoms. The van der Waals surface area contributed by atoms with Crippen molar-refractivity contribution in [1.29, 1.82) is 0 Å². The van der Waals surface area contributed by atoms with Crippen LogP contribution in [0.15, 0.2) is 65.5 Å². The minimum atomic E-state index is 0.00413. The summed E-state index contributed by atoms with van der Waals surface area (Å²) in [6.07, 6.45) is 5.72. The molecule has 1 amide bonds. The lowest BCUT2D eigenvalue weighted by Gasteiger charge is -2.22. The van der Waals surface area contributed by atoms with Crippen LogP contribution in [0, 0.1) is 0 Å². The van der Waals surface area contributed by atoms with E-state index < -0.39 is 0 Å². The van der Waals surface area contributed by atoms with Gasteiger partial charge in [0.25, 0.3) is 0 Å². The molecule has 0 radical (unpaired) electrons. The molecular weight excluding hydrogens is 336 g/mol. The van der Waals surface area contributed by atoms with E-state index in [0.717, 1.165) is 22.8 Å². The van der Waals surface area contributed by atoms with Gasteiger partial charge in [0.05, 0.1) is 25.7 Å². The van der Waals surface area contributed by atoms with E-state index in [4.69, 9.17) is 9.15 Å². The van der Waals surface area contributed by atoms with Crippen LogP contribution < -0.4 is 4.74 Å². The Morgan fingerprint density at radius 1 is 1.28 bits per heavy atom. The van der Waals surface area contributed by atoms with Gasteiger partial charge in [-0.2, -0.15) is 0 Å². The SMILES string of the molecule is COc1cccc(-n2ccc([C@H]3SCC(=O)N3Cc3ccco3)c2)c1. The molecule has 3 aromatic rings. The number of hydrogen-bond donors (Lipinski definition) is 0. The number of ether oxygens (including phenoxy) is 1. The van der Waals surface area contributed by atoms with Crippen molar-refractivity contribution in [3.8, 4) is 11.4 Å². The largest absolute Gasteiger partial charge is 0.497 e. The summed E-state index contributed by atoms with van der Waals surface area (Å²) >= 11 is 1.65. The molecule has 1 fully saturated rings. The van der Waals surface area contributed by atoms with E-state index in [2.05, 4.69) is 12.3 Å². The van der Waals surface area contributed by atoms with Gasteiger partial charge in [-0.05, 0) is 30.3 Å². The minimum Gasteiger partial charge on any atom is -0.497 e. The molecule has 0 unspecified atom stereocenters. The van der Waals surface area contributed by atoms with Gasteiger partial charge >= 0.3 is 0 Å². The third-order valence-corrected chi connectivity index (χ3v) is 5.48. The Labute approximate surface area is 150 Å². The normalized spacial score (nSPS) is 17.2. The monoisotopic (exact) mass is 354 g/mol. The van der Waals surface area contributed by atoms with Crippen molar-refractivity contribution in [2.75, 3.05) is 12.9 Å². The standard InChI is InChI=1S/C19H18N2O3S/c1-23-16-5-2-4-15(10-16)20-8-7-14(11-20)19-21(18(22)13-25-19)12-17-6-3-9-24-17/h2-11,19H,12-13H2,1H3/t19-/m1/s1. The summed E-state index contributed by atoms with van der Waals surface area (Å²) in [7, 11) is 1.66. The second-order valence-corrected chi connectivity index (χ2v) is 6.89. The van der Waals surface area contributed by atoms with Crippen LogP contribution in [-0.2, 0) is 11.3 Å². The summed E-state index contributed by atoms with van der Waals surface area (Å²) in [4.78, 5) is 14.2. The van der Waals surface area contributed by atoms with E-state index in [1.54, 1.807) is 25.1 Å². The number of hydrogen-bond acceptors (Lipinski definition) is 4. The summed E-state index contributed by atoms with van der Waals surface area (Å²) in [5, 5.41) is 0.00413. The maximum Gasteiger partial charge on any atom is 0.234 e. The highest BCUT2D eigenvalue weighted by Gasteiger charge is 2.33. The molecule has 3 heterocycles. The third kappa shape index (κ3) is 3.17. The van der Waals surface area contributed by atoms with Crippen molar-refractivity contribution in [3.63, 3.8) is 0 Å². The molecule has 0 aliphatic carbocycles. The topological polar surface area (TPSA) is 47.6 Å². The summed E-state index contributed by atoms with van der Waals surface area (Å²) in [6.45, 7) is 0.494. The maximum absolute atomic E-state index is 12.3. The Morgan fingerprint density at radius 2 is 2.20 bits per heavy atom. The lowest BCUT2D eigenvalue weighted by Crippen LogP contribution is -2.27. The number of furan rings is 1. The summed E-state index contributed by atoms with van der Waals surface area (Å²) in [6, 6.07) is 13.7.